The summed E-state index contributed by atoms with van der Waals surface area (Å²) >= 11 is 6.21. The number of halogens is 1. The molecule has 0 radical (unpaired) electrons. The van der Waals surface area contributed by atoms with Gasteiger partial charge in [0.25, 0.3) is 0 Å². The first-order valence-electron chi connectivity index (χ1n) is 13.4. The maximum absolute atomic E-state index is 13.7. The highest BCUT2D eigenvalue weighted by Crippen LogP contribution is 2.33. The molecule has 0 spiro atoms. The van der Waals surface area contributed by atoms with Gasteiger partial charge in [0, 0.05) is 58.4 Å². The minimum Gasteiger partial charge on any atom is -0.385 e. The quantitative estimate of drug-likeness (QED) is 0.402. The van der Waals surface area contributed by atoms with Crippen molar-refractivity contribution < 1.29 is 17.9 Å². The maximum Gasteiger partial charge on any atom is 0.244 e. The van der Waals surface area contributed by atoms with Crippen LogP contribution in [0, 0.1) is 17.2 Å². The van der Waals surface area contributed by atoms with E-state index < -0.39 is 22.0 Å². The molecule has 2 saturated heterocycles. The second kappa shape index (κ2) is 11.8. The highest BCUT2D eigenvalue weighted by Gasteiger charge is 2.44. The topological polar surface area (TPSA) is 135 Å². The number of ether oxygens (including phenoxy) is 1. The largest absolute Gasteiger partial charge is 0.385 e. The third kappa shape index (κ3) is 5.47. The minimum atomic E-state index is -3.99. The number of piperidine rings is 1. The van der Waals surface area contributed by atoms with Crippen molar-refractivity contribution in [1.82, 2.24) is 18.8 Å². The number of fused-ring (bicyclic) bond motifs is 1. The van der Waals surface area contributed by atoms with E-state index >= 15 is 0 Å². The number of methoxy groups -OCH3 is 1. The van der Waals surface area contributed by atoms with Gasteiger partial charge in [-0.25, -0.2) is 13.4 Å². The van der Waals surface area contributed by atoms with Crippen LogP contribution in [0.2, 0.25) is 5.02 Å². The number of sulfonamides is 1. The number of aryl methyl sites for hydroxylation is 1. The summed E-state index contributed by atoms with van der Waals surface area (Å²) in [7, 11) is -2.30. The fraction of sp³-hybridized carbons (Fsp3) is 0.464. The average molecular weight is 585 g/mol. The minimum absolute atomic E-state index is 0.0155. The molecule has 5 rings (SSSR count). The van der Waals surface area contributed by atoms with Crippen molar-refractivity contribution in [2.45, 2.75) is 42.7 Å². The third-order valence-electron chi connectivity index (χ3n) is 7.84. The average Bonchev–Trinajstić information content (AvgIpc) is 3.54. The molecule has 3 atom stereocenters. The molecule has 40 heavy (non-hydrogen) atoms. The van der Waals surface area contributed by atoms with Crippen LogP contribution in [0.5, 0.6) is 0 Å². The highest BCUT2D eigenvalue weighted by molar-refractivity contribution is 7.89. The Hall–Kier alpha value is -3.01. The Morgan fingerprint density at radius 3 is 2.77 bits per heavy atom. The van der Waals surface area contributed by atoms with Gasteiger partial charge in [0.05, 0.1) is 33.6 Å². The van der Waals surface area contributed by atoms with Crippen LogP contribution in [0.15, 0.2) is 47.4 Å². The van der Waals surface area contributed by atoms with Crippen molar-refractivity contribution in [3.63, 3.8) is 0 Å². The fourth-order valence-electron chi connectivity index (χ4n) is 5.80. The number of aromatic nitrogens is 2. The molecule has 3 heterocycles. The SMILES string of the molecule is COCCCn1c([C@@H]2CCCN(C(=O)[C@@H]3CN(S(=O)(=O)c4ccc(C#N)cc4Cl)C[C@H]3N)C2)nc2ccccc21. The van der Waals surface area contributed by atoms with Gasteiger partial charge >= 0.3 is 0 Å². The lowest BCUT2D eigenvalue weighted by molar-refractivity contribution is -0.136. The summed E-state index contributed by atoms with van der Waals surface area (Å²) in [6.07, 6.45) is 2.58. The molecule has 212 valence electrons. The van der Waals surface area contributed by atoms with Crippen LogP contribution in [-0.4, -0.2) is 79.0 Å². The van der Waals surface area contributed by atoms with Crippen molar-refractivity contribution in [1.29, 1.82) is 5.26 Å². The van der Waals surface area contributed by atoms with Gasteiger partial charge in [-0.2, -0.15) is 9.57 Å². The lowest BCUT2D eigenvalue weighted by Gasteiger charge is -2.35. The zero-order valence-corrected chi connectivity index (χ0v) is 23.9. The molecule has 12 heteroatoms. The van der Waals surface area contributed by atoms with E-state index in [-0.39, 0.29) is 40.4 Å². The summed E-state index contributed by atoms with van der Waals surface area (Å²) in [5, 5.41) is 9.04. The Morgan fingerprint density at radius 1 is 1.23 bits per heavy atom. The molecule has 0 saturated carbocycles. The summed E-state index contributed by atoms with van der Waals surface area (Å²) in [5.74, 6) is 0.224. The van der Waals surface area contributed by atoms with Crippen LogP contribution in [0.25, 0.3) is 11.0 Å². The molecule has 0 bridgehead atoms. The molecular weight excluding hydrogens is 552 g/mol. The number of nitriles is 1. The van der Waals surface area contributed by atoms with Gasteiger partial charge in [0.1, 0.15) is 10.7 Å². The number of para-hydroxylation sites is 2. The predicted molar refractivity (Wildman–Crippen MR) is 151 cm³/mol. The summed E-state index contributed by atoms with van der Waals surface area (Å²) in [6, 6.07) is 13.4. The number of nitrogens with two attached hydrogens (primary N) is 1. The molecule has 2 aromatic carbocycles. The smallest absolute Gasteiger partial charge is 0.244 e. The highest BCUT2D eigenvalue weighted by atomic mass is 35.5. The number of hydrogen-bond acceptors (Lipinski definition) is 7. The van der Waals surface area contributed by atoms with Crippen LogP contribution in [0.3, 0.4) is 0 Å². The Labute approximate surface area is 239 Å². The van der Waals surface area contributed by atoms with Gasteiger partial charge in [0.2, 0.25) is 15.9 Å². The number of amides is 1. The fourth-order valence-corrected chi connectivity index (χ4v) is 7.82. The zero-order valence-electron chi connectivity index (χ0n) is 22.4. The van der Waals surface area contributed by atoms with Crippen molar-refractivity contribution >= 4 is 38.6 Å². The number of nitrogens with zero attached hydrogens (tertiary/aromatic N) is 5. The normalized spacial score (nSPS) is 22.1. The monoisotopic (exact) mass is 584 g/mol. The van der Waals surface area contributed by atoms with E-state index in [1.54, 1.807) is 7.11 Å². The van der Waals surface area contributed by atoms with Crippen molar-refractivity contribution in [3.05, 3.63) is 58.9 Å². The van der Waals surface area contributed by atoms with E-state index in [1.807, 2.05) is 29.2 Å². The second-order valence-corrected chi connectivity index (χ2v) is 12.7. The Morgan fingerprint density at radius 2 is 2.02 bits per heavy atom. The summed E-state index contributed by atoms with van der Waals surface area (Å²) < 4.78 is 35.5. The van der Waals surface area contributed by atoms with E-state index in [0.717, 1.165) is 42.7 Å². The predicted octanol–water partition coefficient (Wildman–Crippen LogP) is 2.95. The van der Waals surface area contributed by atoms with Crippen LogP contribution in [-0.2, 0) is 26.1 Å². The lowest BCUT2D eigenvalue weighted by atomic mass is 9.94. The Kier molecular flexibility index (Phi) is 8.44. The lowest BCUT2D eigenvalue weighted by Crippen LogP contribution is -2.47. The van der Waals surface area contributed by atoms with E-state index in [4.69, 9.17) is 32.3 Å². The third-order valence-corrected chi connectivity index (χ3v) is 10.2. The molecule has 2 aliphatic heterocycles. The first kappa shape index (κ1) is 28.5. The van der Waals surface area contributed by atoms with Gasteiger partial charge in [-0.05, 0) is 49.6 Å². The van der Waals surface area contributed by atoms with Crippen LogP contribution in [0.4, 0.5) is 0 Å². The number of carbonyl (C=O) groups is 1. The number of imidazole rings is 1. The van der Waals surface area contributed by atoms with Crippen molar-refractivity contribution in [2.24, 2.45) is 11.7 Å². The molecule has 2 aliphatic rings. The van der Waals surface area contributed by atoms with Gasteiger partial charge in [-0.15, -0.1) is 0 Å². The van der Waals surface area contributed by atoms with Crippen LogP contribution < -0.4 is 5.73 Å². The van der Waals surface area contributed by atoms with Gasteiger partial charge < -0.3 is 19.9 Å². The first-order chi connectivity index (χ1) is 19.2. The number of hydrogen-bond donors (Lipinski definition) is 1. The molecule has 0 unspecified atom stereocenters. The number of carbonyl (C=O) groups excluding carboxylic acids is 1. The first-order valence-corrected chi connectivity index (χ1v) is 15.2. The zero-order chi connectivity index (χ0) is 28.4. The summed E-state index contributed by atoms with van der Waals surface area (Å²) in [4.78, 5) is 20.4. The number of rotatable bonds is 8. The van der Waals surface area contributed by atoms with E-state index in [9.17, 15) is 13.2 Å². The molecule has 1 amide bonds. The molecular formula is C28H33ClN6O4S. The Bertz CT molecular complexity index is 1550. The number of likely N-dealkylation sites (tertiary alicyclic amines) is 1. The van der Waals surface area contributed by atoms with Crippen LogP contribution >= 0.6 is 11.6 Å². The number of benzene rings is 2. The molecule has 2 N–H and O–H groups in total. The Balaban J connectivity index is 1.33. The van der Waals surface area contributed by atoms with Gasteiger partial charge in [-0.3, -0.25) is 4.79 Å². The summed E-state index contributed by atoms with van der Waals surface area (Å²) in [6.45, 7) is 2.51. The summed E-state index contributed by atoms with van der Waals surface area (Å²) in [5.41, 5.74) is 8.63. The molecule has 3 aromatic rings. The van der Waals surface area contributed by atoms with E-state index in [1.165, 1.54) is 22.5 Å². The molecule has 2 fully saturated rings. The van der Waals surface area contributed by atoms with Crippen molar-refractivity contribution in [2.75, 3.05) is 39.9 Å². The standard InChI is InChI=1S/C28H33ClN6O4S/c1-39-13-5-12-35-25-8-3-2-7-24(25)32-27(35)20-6-4-11-33(16-20)28(36)21-17-34(18-23(21)31)40(37,38)26-10-9-19(15-30)14-22(26)29/h2-3,7-10,14,20-21,23H,4-6,11-13,16-18,31H2,1H3/t20-,21-,23-/m1/s1. The second-order valence-electron chi connectivity index (χ2n) is 10.4. The molecule has 1 aromatic heterocycles. The molecule has 0 aliphatic carbocycles. The van der Waals surface area contributed by atoms with Gasteiger partial charge in [0.15, 0.2) is 0 Å². The van der Waals surface area contributed by atoms with Crippen LogP contribution in [0.1, 0.15) is 36.6 Å². The van der Waals surface area contributed by atoms with E-state index in [2.05, 4.69) is 10.6 Å². The van der Waals surface area contributed by atoms with E-state index in [0.29, 0.717) is 19.7 Å². The molecule has 10 nitrogen and oxygen atoms in total. The maximum atomic E-state index is 13.7. The van der Waals surface area contributed by atoms with Crippen molar-refractivity contribution in [3.8, 4) is 6.07 Å². The van der Waals surface area contributed by atoms with Gasteiger partial charge in [-0.1, -0.05) is 23.7 Å².